The van der Waals surface area contributed by atoms with Crippen LogP contribution in [0, 0.1) is 0 Å². The number of carbonyl (C=O) groups excluding carboxylic acids is 2. The van der Waals surface area contributed by atoms with Crippen LogP contribution in [0.5, 0.6) is 5.75 Å². The first-order chi connectivity index (χ1) is 10.2. The molecule has 0 atom stereocenters. The van der Waals surface area contributed by atoms with E-state index in [0.717, 1.165) is 5.75 Å². The molecule has 1 aromatic carbocycles. The second-order valence-corrected chi connectivity index (χ2v) is 4.78. The summed E-state index contributed by atoms with van der Waals surface area (Å²) in [5.41, 5.74) is 0. The van der Waals surface area contributed by atoms with Crippen LogP contribution in [0.3, 0.4) is 0 Å². The normalized spacial score (nSPS) is 9.95. The molecular formula is C15H21ClN2O3. The summed E-state index contributed by atoms with van der Waals surface area (Å²) in [5, 5.41) is 5.43. The van der Waals surface area contributed by atoms with Gasteiger partial charge in [0.2, 0.25) is 11.8 Å². The zero-order valence-corrected chi connectivity index (χ0v) is 12.7. The molecule has 0 aromatic heterocycles. The van der Waals surface area contributed by atoms with E-state index in [1.54, 1.807) is 0 Å². The lowest BCUT2D eigenvalue weighted by atomic mass is 10.3. The van der Waals surface area contributed by atoms with Crippen LogP contribution in [0.2, 0.25) is 0 Å². The highest BCUT2D eigenvalue weighted by Gasteiger charge is 2.03. The molecule has 2 N–H and O–H groups in total. The highest BCUT2D eigenvalue weighted by molar-refractivity contribution is 6.17. The van der Waals surface area contributed by atoms with E-state index >= 15 is 0 Å². The van der Waals surface area contributed by atoms with Crippen LogP contribution in [0.4, 0.5) is 0 Å². The molecule has 0 aliphatic heterocycles. The molecule has 0 aliphatic carbocycles. The van der Waals surface area contributed by atoms with Crippen LogP contribution in [0.1, 0.15) is 19.3 Å². The van der Waals surface area contributed by atoms with Crippen molar-refractivity contribution in [2.24, 2.45) is 0 Å². The third-order valence-corrected chi connectivity index (χ3v) is 2.92. The molecule has 21 heavy (non-hydrogen) atoms. The van der Waals surface area contributed by atoms with Crippen LogP contribution in [0.15, 0.2) is 30.3 Å². The Labute approximate surface area is 130 Å². The number of ether oxygens (including phenoxy) is 1. The summed E-state index contributed by atoms with van der Waals surface area (Å²) in [6, 6.07) is 9.34. The zero-order valence-electron chi connectivity index (χ0n) is 11.9. The molecule has 0 heterocycles. The molecule has 0 saturated carbocycles. The molecule has 5 nitrogen and oxygen atoms in total. The van der Waals surface area contributed by atoms with Crippen LogP contribution in [0.25, 0.3) is 0 Å². The van der Waals surface area contributed by atoms with Crippen LogP contribution < -0.4 is 15.4 Å². The molecule has 1 rings (SSSR count). The monoisotopic (exact) mass is 312 g/mol. The van der Waals surface area contributed by atoms with E-state index in [9.17, 15) is 9.59 Å². The van der Waals surface area contributed by atoms with E-state index in [2.05, 4.69) is 10.6 Å². The minimum absolute atomic E-state index is 0.0442. The number of hydrogen-bond acceptors (Lipinski definition) is 3. The number of hydrogen-bond donors (Lipinski definition) is 2. The number of rotatable bonds is 10. The topological polar surface area (TPSA) is 67.4 Å². The van der Waals surface area contributed by atoms with Gasteiger partial charge in [0.1, 0.15) is 5.75 Å². The van der Waals surface area contributed by atoms with E-state index in [-0.39, 0.29) is 18.2 Å². The highest BCUT2D eigenvalue weighted by Crippen LogP contribution is 2.08. The predicted octanol–water partition coefficient (Wildman–Crippen LogP) is 1.71. The fourth-order valence-corrected chi connectivity index (χ4v) is 1.72. The van der Waals surface area contributed by atoms with Gasteiger partial charge in [0.25, 0.3) is 0 Å². The van der Waals surface area contributed by atoms with Gasteiger partial charge in [-0.05, 0) is 18.6 Å². The van der Waals surface area contributed by atoms with Crippen molar-refractivity contribution in [1.29, 1.82) is 0 Å². The van der Waals surface area contributed by atoms with Gasteiger partial charge in [-0.3, -0.25) is 9.59 Å². The van der Waals surface area contributed by atoms with Crippen LogP contribution in [-0.2, 0) is 9.59 Å². The van der Waals surface area contributed by atoms with Gasteiger partial charge in [-0.25, -0.2) is 0 Å². The largest absolute Gasteiger partial charge is 0.493 e. The second kappa shape index (κ2) is 11.0. The molecule has 1 aromatic rings. The average molecular weight is 313 g/mol. The van der Waals surface area contributed by atoms with Crippen LogP contribution >= 0.6 is 11.6 Å². The fourth-order valence-electron chi connectivity index (χ4n) is 1.59. The van der Waals surface area contributed by atoms with E-state index in [0.29, 0.717) is 38.4 Å². The van der Waals surface area contributed by atoms with Crippen molar-refractivity contribution in [2.45, 2.75) is 19.3 Å². The smallest absolute Gasteiger partial charge is 0.223 e. The number of amides is 2. The maximum absolute atomic E-state index is 11.5. The molecule has 0 bridgehead atoms. The SMILES string of the molecule is O=C(CCCCl)NCCNC(=O)CCOc1ccccc1. The van der Waals surface area contributed by atoms with E-state index in [4.69, 9.17) is 16.3 Å². The Hall–Kier alpha value is -1.75. The van der Waals surface area contributed by atoms with Gasteiger partial charge in [0.05, 0.1) is 13.0 Å². The number of benzene rings is 1. The molecule has 116 valence electrons. The Bertz CT molecular complexity index is 426. The first-order valence-electron chi connectivity index (χ1n) is 6.99. The fraction of sp³-hybridized carbons (Fsp3) is 0.467. The third-order valence-electron chi connectivity index (χ3n) is 2.65. The molecule has 0 saturated heterocycles. The Morgan fingerprint density at radius 1 is 1.00 bits per heavy atom. The number of nitrogens with one attached hydrogen (secondary N) is 2. The van der Waals surface area contributed by atoms with Crippen molar-refractivity contribution in [3.05, 3.63) is 30.3 Å². The van der Waals surface area contributed by atoms with Crippen LogP contribution in [-0.4, -0.2) is 37.4 Å². The molecular weight excluding hydrogens is 292 g/mol. The number of alkyl halides is 1. The molecule has 0 aliphatic rings. The molecule has 0 spiro atoms. The molecule has 0 unspecified atom stereocenters. The van der Waals surface area contributed by atoms with Gasteiger partial charge in [0, 0.05) is 25.4 Å². The first kappa shape index (κ1) is 17.3. The van der Waals surface area contributed by atoms with Crippen molar-refractivity contribution in [3.63, 3.8) is 0 Å². The maximum Gasteiger partial charge on any atom is 0.223 e. The lowest BCUT2D eigenvalue weighted by Crippen LogP contribution is -2.35. The Balaban J connectivity index is 2.00. The predicted molar refractivity (Wildman–Crippen MR) is 82.5 cm³/mol. The average Bonchev–Trinajstić information content (AvgIpc) is 2.50. The van der Waals surface area contributed by atoms with Gasteiger partial charge in [0.15, 0.2) is 0 Å². The minimum Gasteiger partial charge on any atom is -0.493 e. The molecule has 0 fully saturated rings. The summed E-state index contributed by atoms with van der Waals surface area (Å²) in [6.45, 7) is 1.17. The highest BCUT2D eigenvalue weighted by atomic mass is 35.5. The number of para-hydroxylation sites is 1. The van der Waals surface area contributed by atoms with Gasteiger partial charge in [-0.1, -0.05) is 18.2 Å². The second-order valence-electron chi connectivity index (χ2n) is 4.40. The molecule has 0 radical (unpaired) electrons. The van der Waals surface area contributed by atoms with Gasteiger partial charge in [-0.2, -0.15) is 0 Å². The van der Waals surface area contributed by atoms with Gasteiger partial charge in [-0.15, -0.1) is 11.6 Å². The maximum atomic E-state index is 11.5. The summed E-state index contributed by atoms with van der Waals surface area (Å²) >= 11 is 5.49. The Morgan fingerprint density at radius 3 is 2.24 bits per heavy atom. The van der Waals surface area contributed by atoms with E-state index < -0.39 is 0 Å². The zero-order chi connectivity index (χ0) is 15.3. The van der Waals surface area contributed by atoms with Crippen molar-refractivity contribution in [1.82, 2.24) is 10.6 Å². The van der Waals surface area contributed by atoms with Crippen molar-refractivity contribution in [3.8, 4) is 5.75 Å². The number of halogens is 1. The Kier molecular flexibility index (Phi) is 9.04. The third kappa shape index (κ3) is 8.92. The molecule has 2 amide bonds. The number of carbonyl (C=O) groups is 2. The van der Waals surface area contributed by atoms with Gasteiger partial charge >= 0.3 is 0 Å². The standard InChI is InChI=1S/C15H21ClN2O3/c16-9-4-7-14(19)17-10-11-18-15(20)8-12-21-13-5-2-1-3-6-13/h1-3,5-6H,4,7-12H2,(H,17,19)(H,18,20). The van der Waals surface area contributed by atoms with Crippen molar-refractivity contribution in [2.75, 3.05) is 25.6 Å². The summed E-state index contributed by atoms with van der Waals surface area (Å²) in [5.74, 6) is 1.08. The van der Waals surface area contributed by atoms with Gasteiger partial charge < -0.3 is 15.4 Å². The Morgan fingerprint density at radius 2 is 1.62 bits per heavy atom. The summed E-state index contributed by atoms with van der Waals surface area (Å²) in [4.78, 5) is 22.8. The van der Waals surface area contributed by atoms with Crippen molar-refractivity contribution < 1.29 is 14.3 Å². The van der Waals surface area contributed by atoms with E-state index in [1.165, 1.54) is 0 Å². The quantitative estimate of drug-likeness (QED) is 0.510. The first-order valence-corrected chi connectivity index (χ1v) is 7.53. The lowest BCUT2D eigenvalue weighted by molar-refractivity contribution is -0.123. The molecule has 6 heteroatoms. The lowest BCUT2D eigenvalue weighted by Gasteiger charge is -2.08. The van der Waals surface area contributed by atoms with E-state index in [1.807, 2.05) is 30.3 Å². The minimum atomic E-state index is -0.0964. The van der Waals surface area contributed by atoms with Crippen molar-refractivity contribution >= 4 is 23.4 Å². The summed E-state index contributed by atoms with van der Waals surface area (Å²) < 4.78 is 5.42. The summed E-state index contributed by atoms with van der Waals surface area (Å²) in [7, 11) is 0. The summed E-state index contributed by atoms with van der Waals surface area (Å²) in [6.07, 6.45) is 1.37.